The third kappa shape index (κ3) is 3.93. The molecule has 0 unspecified atom stereocenters. The molecule has 32 heavy (non-hydrogen) atoms. The van der Waals surface area contributed by atoms with Crippen molar-refractivity contribution in [1.29, 1.82) is 5.26 Å². The van der Waals surface area contributed by atoms with E-state index in [1.54, 1.807) is 42.5 Å². The second kappa shape index (κ2) is 8.27. The summed E-state index contributed by atoms with van der Waals surface area (Å²) in [7, 11) is 0. The third-order valence-electron chi connectivity index (χ3n) is 6.43. The van der Waals surface area contributed by atoms with E-state index >= 15 is 0 Å². The van der Waals surface area contributed by atoms with E-state index in [0.717, 1.165) is 11.1 Å². The first-order chi connectivity index (χ1) is 15.2. The molecule has 2 atom stereocenters. The van der Waals surface area contributed by atoms with Crippen LogP contribution in [-0.2, 0) is 4.74 Å². The van der Waals surface area contributed by atoms with E-state index in [2.05, 4.69) is 26.8 Å². The standard InChI is InChI=1S/C27H26F2N2O/c1-27(2,3)18-13-17(12-16-8-4-6-10-22(16)28)25-20(14-18)24(21(15-30)26(31)32-25)19-9-5-7-11-23(19)29/h4-12,18,24H,13-14,31H2,1-3H3/b17-12+/t18-,24-/m0/s1. The lowest BCUT2D eigenvalue weighted by Gasteiger charge is -2.41. The summed E-state index contributed by atoms with van der Waals surface area (Å²) in [5.41, 5.74) is 8.75. The number of ether oxygens (including phenoxy) is 1. The highest BCUT2D eigenvalue weighted by Gasteiger charge is 2.41. The zero-order valence-electron chi connectivity index (χ0n) is 18.5. The molecule has 5 heteroatoms. The van der Waals surface area contributed by atoms with Gasteiger partial charge in [-0.25, -0.2) is 8.78 Å². The van der Waals surface area contributed by atoms with Crippen LogP contribution in [0.25, 0.3) is 6.08 Å². The van der Waals surface area contributed by atoms with Crippen molar-refractivity contribution in [3.05, 3.63) is 99.7 Å². The minimum atomic E-state index is -0.640. The SMILES string of the molecule is CC(C)(C)[C@@H]1CC2=C(OC(N)=C(C#N)[C@H]2c2ccccc2F)/C(=C/c2ccccc2F)C1. The van der Waals surface area contributed by atoms with E-state index in [1.165, 1.54) is 12.1 Å². The minimum Gasteiger partial charge on any atom is -0.440 e. The van der Waals surface area contributed by atoms with Gasteiger partial charge < -0.3 is 10.5 Å². The Labute approximate surface area is 187 Å². The van der Waals surface area contributed by atoms with Crippen molar-refractivity contribution in [2.24, 2.45) is 17.1 Å². The highest BCUT2D eigenvalue weighted by molar-refractivity contribution is 5.63. The fourth-order valence-electron chi connectivity index (χ4n) is 4.54. The van der Waals surface area contributed by atoms with Gasteiger partial charge in [0.2, 0.25) is 5.88 Å². The Hall–Kier alpha value is -3.39. The van der Waals surface area contributed by atoms with Gasteiger partial charge in [0.15, 0.2) is 0 Å². The van der Waals surface area contributed by atoms with E-state index in [4.69, 9.17) is 10.5 Å². The van der Waals surface area contributed by atoms with Crippen LogP contribution in [0.2, 0.25) is 0 Å². The average Bonchev–Trinajstić information content (AvgIpc) is 2.74. The summed E-state index contributed by atoms with van der Waals surface area (Å²) < 4.78 is 35.3. The zero-order valence-corrected chi connectivity index (χ0v) is 18.5. The number of nitriles is 1. The molecule has 0 saturated heterocycles. The van der Waals surface area contributed by atoms with Crippen molar-refractivity contribution in [3.8, 4) is 6.07 Å². The van der Waals surface area contributed by atoms with Gasteiger partial charge in [0.05, 0.1) is 5.92 Å². The highest BCUT2D eigenvalue weighted by Crippen LogP contribution is 2.52. The summed E-state index contributed by atoms with van der Waals surface area (Å²) in [6, 6.07) is 15.1. The van der Waals surface area contributed by atoms with Crippen molar-refractivity contribution in [2.45, 2.75) is 39.5 Å². The molecule has 0 spiro atoms. The fourth-order valence-corrected chi connectivity index (χ4v) is 4.54. The second-order valence-corrected chi connectivity index (χ2v) is 9.46. The lowest BCUT2D eigenvalue weighted by atomic mass is 9.66. The van der Waals surface area contributed by atoms with E-state index in [0.29, 0.717) is 29.7 Å². The summed E-state index contributed by atoms with van der Waals surface area (Å²) in [4.78, 5) is 0. The van der Waals surface area contributed by atoms with Crippen LogP contribution in [0, 0.1) is 34.3 Å². The van der Waals surface area contributed by atoms with Crippen LogP contribution in [0.3, 0.4) is 0 Å². The van der Waals surface area contributed by atoms with Crippen molar-refractivity contribution in [2.75, 3.05) is 0 Å². The number of hydrogen-bond acceptors (Lipinski definition) is 3. The average molecular weight is 433 g/mol. The Kier molecular flexibility index (Phi) is 5.64. The number of hydrogen-bond donors (Lipinski definition) is 1. The van der Waals surface area contributed by atoms with E-state index < -0.39 is 11.7 Å². The van der Waals surface area contributed by atoms with Crippen LogP contribution in [0.4, 0.5) is 8.78 Å². The number of nitrogens with zero attached hydrogens (tertiary/aromatic N) is 1. The Morgan fingerprint density at radius 1 is 1.03 bits per heavy atom. The number of benzene rings is 2. The molecule has 0 aromatic heterocycles. The number of allylic oxidation sites excluding steroid dienone is 3. The van der Waals surface area contributed by atoms with Crippen molar-refractivity contribution < 1.29 is 13.5 Å². The summed E-state index contributed by atoms with van der Waals surface area (Å²) in [5.74, 6) is -0.686. The van der Waals surface area contributed by atoms with Crippen LogP contribution in [0.15, 0.2) is 76.9 Å². The molecule has 2 aromatic rings. The van der Waals surface area contributed by atoms with Crippen LogP contribution in [-0.4, -0.2) is 0 Å². The topological polar surface area (TPSA) is 59.0 Å². The number of nitrogens with two attached hydrogens (primary N) is 1. The zero-order chi connectivity index (χ0) is 23.0. The summed E-state index contributed by atoms with van der Waals surface area (Å²) in [6.45, 7) is 6.46. The van der Waals surface area contributed by atoms with Gasteiger partial charge in [-0.3, -0.25) is 0 Å². The van der Waals surface area contributed by atoms with Gasteiger partial charge >= 0.3 is 0 Å². The molecule has 164 valence electrons. The highest BCUT2D eigenvalue weighted by atomic mass is 19.1. The largest absolute Gasteiger partial charge is 0.440 e. The molecular weight excluding hydrogens is 406 g/mol. The molecule has 2 aliphatic rings. The van der Waals surface area contributed by atoms with E-state index in [1.807, 2.05) is 0 Å². The van der Waals surface area contributed by atoms with Crippen molar-refractivity contribution in [1.82, 2.24) is 0 Å². The maximum absolute atomic E-state index is 14.9. The van der Waals surface area contributed by atoms with E-state index in [9.17, 15) is 14.0 Å². The summed E-state index contributed by atoms with van der Waals surface area (Å²) in [6.07, 6.45) is 3.08. The van der Waals surface area contributed by atoms with Crippen LogP contribution >= 0.6 is 0 Å². The van der Waals surface area contributed by atoms with Crippen molar-refractivity contribution in [3.63, 3.8) is 0 Å². The Bertz CT molecular complexity index is 1190. The normalized spacial score (nSPS) is 22.4. The molecule has 0 fully saturated rings. The molecule has 0 radical (unpaired) electrons. The molecular formula is C27H26F2N2O. The minimum absolute atomic E-state index is 0.0341. The van der Waals surface area contributed by atoms with Gasteiger partial charge in [-0.1, -0.05) is 57.2 Å². The smallest absolute Gasteiger partial charge is 0.205 e. The van der Waals surface area contributed by atoms with E-state index in [-0.39, 0.29) is 28.6 Å². The molecule has 1 heterocycles. The van der Waals surface area contributed by atoms with Gasteiger partial charge in [0.1, 0.15) is 29.0 Å². The molecule has 4 rings (SSSR count). The van der Waals surface area contributed by atoms with Gasteiger partial charge in [-0.2, -0.15) is 5.26 Å². The van der Waals surface area contributed by atoms with Crippen molar-refractivity contribution >= 4 is 6.08 Å². The monoisotopic (exact) mass is 432 g/mol. The summed E-state index contributed by atoms with van der Waals surface area (Å²) >= 11 is 0. The first-order valence-corrected chi connectivity index (χ1v) is 10.7. The predicted octanol–water partition coefficient (Wildman–Crippen LogP) is 6.57. The molecule has 1 aliphatic heterocycles. The van der Waals surface area contributed by atoms with Gasteiger partial charge in [-0.15, -0.1) is 0 Å². The molecule has 0 saturated carbocycles. The third-order valence-corrected chi connectivity index (χ3v) is 6.43. The maximum Gasteiger partial charge on any atom is 0.205 e. The molecule has 0 amide bonds. The first kappa shape index (κ1) is 21.8. The Morgan fingerprint density at radius 3 is 2.31 bits per heavy atom. The lowest BCUT2D eigenvalue weighted by molar-refractivity contribution is 0.200. The lowest BCUT2D eigenvalue weighted by Crippen LogP contribution is -2.31. The summed E-state index contributed by atoms with van der Waals surface area (Å²) in [5, 5.41) is 9.86. The van der Waals surface area contributed by atoms with Crippen LogP contribution in [0.5, 0.6) is 0 Å². The number of halogens is 2. The van der Waals surface area contributed by atoms with Crippen LogP contribution in [0.1, 0.15) is 50.7 Å². The Balaban J connectivity index is 1.95. The molecule has 2 aromatic carbocycles. The van der Waals surface area contributed by atoms with Crippen LogP contribution < -0.4 is 5.73 Å². The number of rotatable bonds is 2. The van der Waals surface area contributed by atoms with Gasteiger partial charge in [-0.05, 0) is 53.5 Å². The van der Waals surface area contributed by atoms with Gasteiger partial charge in [0.25, 0.3) is 0 Å². The first-order valence-electron chi connectivity index (χ1n) is 10.7. The van der Waals surface area contributed by atoms with Gasteiger partial charge in [0, 0.05) is 11.1 Å². The molecule has 2 N–H and O–H groups in total. The quantitative estimate of drug-likeness (QED) is 0.584. The molecule has 3 nitrogen and oxygen atoms in total. The predicted molar refractivity (Wildman–Crippen MR) is 121 cm³/mol. The Morgan fingerprint density at radius 2 is 1.69 bits per heavy atom. The second-order valence-electron chi connectivity index (χ2n) is 9.46. The fraction of sp³-hybridized carbons (Fsp3) is 0.296. The molecule has 0 bridgehead atoms. The maximum atomic E-state index is 14.9. The molecule has 1 aliphatic carbocycles.